The second-order valence-corrected chi connectivity index (χ2v) is 7.80. The maximum absolute atomic E-state index is 12.9. The lowest BCUT2D eigenvalue weighted by molar-refractivity contribution is -0.138. The third-order valence-corrected chi connectivity index (χ3v) is 4.30. The smallest absolute Gasteiger partial charge is 0.332 e. The number of hydrogen-bond donors (Lipinski definition) is 2. The zero-order valence-corrected chi connectivity index (χ0v) is 14.8. The number of benzene rings is 1. The molecule has 0 bridgehead atoms. The third-order valence-electron chi connectivity index (χ3n) is 3.47. The number of anilines is 1. The Morgan fingerprint density at radius 2 is 1.92 bits per heavy atom. The Kier molecular flexibility index (Phi) is 5.59. The normalized spacial score (nSPS) is 12.0. The van der Waals surface area contributed by atoms with Crippen LogP contribution < -0.4 is 10.6 Å². The molecule has 0 radical (unpaired) electrons. The lowest BCUT2D eigenvalue weighted by Crippen LogP contribution is -2.30. The number of sulfone groups is 1. The fourth-order valence-electron chi connectivity index (χ4n) is 2.29. The first kappa shape index (κ1) is 19.8. The van der Waals surface area contributed by atoms with Crippen LogP contribution in [0.15, 0.2) is 30.5 Å². The van der Waals surface area contributed by atoms with Gasteiger partial charge >= 0.3 is 12.2 Å². The first-order chi connectivity index (χ1) is 12.0. The average molecular weight is 390 g/mol. The van der Waals surface area contributed by atoms with Gasteiger partial charge in [-0.05, 0) is 11.6 Å². The van der Waals surface area contributed by atoms with Crippen LogP contribution in [-0.2, 0) is 35.4 Å². The molecular weight excluding hydrogens is 373 g/mol. The summed E-state index contributed by atoms with van der Waals surface area (Å²) in [6.45, 7) is -0.397. The van der Waals surface area contributed by atoms with E-state index in [1.165, 1.54) is 13.1 Å². The lowest BCUT2D eigenvalue weighted by Gasteiger charge is -2.13. The van der Waals surface area contributed by atoms with E-state index in [1.807, 2.05) is 0 Å². The number of nitrogens with one attached hydrogen (secondary N) is 2. The van der Waals surface area contributed by atoms with Gasteiger partial charge in [-0.15, -0.1) is 0 Å². The molecule has 2 N–H and O–H groups in total. The Hall–Kier alpha value is -2.56. The molecule has 0 saturated carbocycles. The number of para-hydroxylation sites is 1. The highest BCUT2D eigenvalue weighted by molar-refractivity contribution is 7.89. The third kappa shape index (κ3) is 5.22. The van der Waals surface area contributed by atoms with Gasteiger partial charge in [0.05, 0.1) is 29.8 Å². The summed E-state index contributed by atoms with van der Waals surface area (Å²) in [6, 6.07) is 5.50. The molecule has 7 nitrogen and oxygen atoms in total. The number of carbonyl (C=O) groups is 1. The van der Waals surface area contributed by atoms with Crippen LogP contribution >= 0.6 is 0 Å². The van der Waals surface area contributed by atoms with Crippen LogP contribution in [0.1, 0.15) is 16.8 Å². The summed E-state index contributed by atoms with van der Waals surface area (Å²) in [7, 11) is -1.98. The monoisotopic (exact) mass is 390 g/mol. The number of aromatic nitrogens is 2. The maximum atomic E-state index is 12.9. The van der Waals surface area contributed by atoms with Crippen LogP contribution in [0, 0.1) is 0 Å². The van der Waals surface area contributed by atoms with Gasteiger partial charge in [0, 0.05) is 19.0 Å². The molecule has 1 aromatic carbocycles. The topological polar surface area (TPSA) is 93.1 Å². The van der Waals surface area contributed by atoms with Crippen molar-refractivity contribution in [3.8, 4) is 0 Å². The molecule has 1 heterocycles. The van der Waals surface area contributed by atoms with Crippen LogP contribution in [0.25, 0.3) is 0 Å². The molecule has 11 heteroatoms. The standard InChI is InChI=1S/C15H17F3N4O3S/c1-22-13(11(7-20-22)15(16,17)18)8-19-14(23)21-12-6-4-3-5-10(12)9-26(2,24)25/h3-7H,8-9H2,1-2H3,(H2,19,21,23). The molecule has 0 unspecified atom stereocenters. The van der Waals surface area contributed by atoms with Gasteiger partial charge in [-0.2, -0.15) is 18.3 Å². The molecule has 0 atom stereocenters. The first-order valence-electron chi connectivity index (χ1n) is 7.36. The van der Waals surface area contributed by atoms with Gasteiger partial charge in [0.15, 0.2) is 9.84 Å². The van der Waals surface area contributed by atoms with E-state index in [4.69, 9.17) is 0 Å². The van der Waals surface area contributed by atoms with E-state index < -0.39 is 34.2 Å². The fourth-order valence-corrected chi connectivity index (χ4v) is 3.11. The highest BCUT2D eigenvalue weighted by Gasteiger charge is 2.35. The number of amides is 2. The second kappa shape index (κ2) is 7.36. The van der Waals surface area contributed by atoms with E-state index in [2.05, 4.69) is 15.7 Å². The summed E-state index contributed by atoms with van der Waals surface area (Å²) >= 11 is 0. The van der Waals surface area contributed by atoms with Gasteiger partial charge < -0.3 is 10.6 Å². The van der Waals surface area contributed by atoms with Gasteiger partial charge in [0.2, 0.25) is 0 Å². The number of hydrogen-bond acceptors (Lipinski definition) is 4. The summed E-state index contributed by atoms with van der Waals surface area (Å²) in [5.41, 5.74) is -0.493. The Labute approximate surface area is 148 Å². The van der Waals surface area contributed by atoms with Crippen molar-refractivity contribution in [1.82, 2.24) is 15.1 Å². The minimum Gasteiger partial charge on any atom is -0.332 e. The van der Waals surface area contributed by atoms with Crippen LogP contribution in [-0.4, -0.2) is 30.5 Å². The molecule has 2 aromatic rings. The van der Waals surface area contributed by atoms with E-state index in [9.17, 15) is 26.4 Å². The van der Waals surface area contributed by atoms with E-state index >= 15 is 0 Å². The van der Waals surface area contributed by atoms with E-state index in [-0.39, 0.29) is 17.1 Å². The molecule has 0 saturated heterocycles. The predicted octanol–water partition coefficient (Wildman–Crippen LogP) is 2.31. The Morgan fingerprint density at radius 3 is 2.54 bits per heavy atom. The fraction of sp³-hybridized carbons (Fsp3) is 0.333. The Balaban J connectivity index is 2.09. The summed E-state index contributed by atoms with van der Waals surface area (Å²) in [4.78, 5) is 12.0. The second-order valence-electron chi connectivity index (χ2n) is 5.66. The maximum Gasteiger partial charge on any atom is 0.419 e. The van der Waals surface area contributed by atoms with Gasteiger partial charge in [-0.25, -0.2) is 13.2 Å². The zero-order valence-electron chi connectivity index (χ0n) is 14.0. The molecule has 0 aliphatic rings. The molecule has 1 aromatic heterocycles. The number of rotatable bonds is 5. The lowest BCUT2D eigenvalue weighted by atomic mass is 10.2. The van der Waals surface area contributed by atoms with Gasteiger partial charge in [0.1, 0.15) is 0 Å². The van der Waals surface area contributed by atoms with Crippen molar-refractivity contribution in [2.24, 2.45) is 7.05 Å². The van der Waals surface area contributed by atoms with Crippen molar-refractivity contribution in [3.05, 3.63) is 47.3 Å². The zero-order chi connectivity index (χ0) is 19.5. The predicted molar refractivity (Wildman–Crippen MR) is 89.1 cm³/mol. The molecule has 2 rings (SSSR count). The summed E-state index contributed by atoms with van der Waals surface area (Å²) in [5, 5.41) is 8.32. The average Bonchev–Trinajstić information content (AvgIpc) is 2.87. The van der Waals surface area contributed by atoms with Crippen LogP contribution in [0.3, 0.4) is 0 Å². The number of halogens is 3. The molecule has 0 fully saturated rings. The number of alkyl halides is 3. The van der Waals surface area contributed by atoms with Crippen LogP contribution in [0.4, 0.5) is 23.7 Å². The van der Waals surface area contributed by atoms with Crippen molar-refractivity contribution >= 4 is 21.6 Å². The van der Waals surface area contributed by atoms with Crippen molar-refractivity contribution < 1.29 is 26.4 Å². The number of urea groups is 1. The number of aryl methyl sites for hydroxylation is 1. The molecule has 26 heavy (non-hydrogen) atoms. The van der Waals surface area contributed by atoms with Gasteiger partial charge in [-0.1, -0.05) is 18.2 Å². The van der Waals surface area contributed by atoms with E-state index in [0.717, 1.165) is 10.9 Å². The Bertz CT molecular complexity index is 907. The SMILES string of the molecule is Cn1ncc(C(F)(F)F)c1CNC(=O)Nc1ccccc1CS(C)(=O)=O. The largest absolute Gasteiger partial charge is 0.419 e. The molecule has 142 valence electrons. The molecule has 0 spiro atoms. The Morgan fingerprint density at radius 1 is 1.27 bits per heavy atom. The quantitative estimate of drug-likeness (QED) is 0.819. The summed E-state index contributed by atoms with van der Waals surface area (Å²) < 4.78 is 62.6. The van der Waals surface area contributed by atoms with Crippen LogP contribution in [0.5, 0.6) is 0 Å². The van der Waals surface area contributed by atoms with Crippen molar-refractivity contribution in [2.75, 3.05) is 11.6 Å². The number of carbonyl (C=O) groups excluding carboxylic acids is 1. The molecular formula is C15H17F3N4O3S. The van der Waals surface area contributed by atoms with Crippen molar-refractivity contribution in [2.45, 2.75) is 18.5 Å². The van der Waals surface area contributed by atoms with Crippen molar-refractivity contribution in [3.63, 3.8) is 0 Å². The van der Waals surface area contributed by atoms with E-state index in [1.54, 1.807) is 18.2 Å². The number of nitrogens with zero attached hydrogens (tertiary/aromatic N) is 2. The summed E-state index contributed by atoms with van der Waals surface area (Å²) in [6.07, 6.45) is -2.83. The highest BCUT2D eigenvalue weighted by atomic mass is 32.2. The first-order valence-corrected chi connectivity index (χ1v) is 9.42. The van der Waals surface area contributed by atoms with E-state index in [0.29, 0.717) is 11.8 Å². The van der Waals surface area contributed by atoms with Gasteiger partial charge in [0.25, 0.3) is 0 Å². The minimum atomic E-state index is -4.58. The van der Waals surface area contributed by atoms with Crippen molar-refractivity contribution in [1.29, 1.82) is 0 Å². The van der Waals surface area contributed by atoms with Gasteiger partial charge in [-0.3, -0.25) is 4.68 Å². The highest BCUT2D eigenvalue weighted by Crippen LogP contribution is 2.31. The summed E-state index contributed by atoms with van der Waals surface area (Å²) in [5.74, 6) is -0.274. The minimum absolute atomic E-state index is 0.197. The van der Waals surface area contributed by atoms with Crippen LogP contribution in [0.2, 0.25) is 0 Å². The molecule has 0 aliphatic carbocycles. The molecule has 2 amide bonds. The molecule has 0 aliphatic heterocycles.